The third kappa shape index (κ3) is 3.71. The van der Waals surface area contributed by atoms with Gasteiger partial charge in [-0.2, -0.15) is 0 Å². The number of nitrogens with one attached hydrogen (secondary N) is 1. The lowest BCUT2D eigenvalue weighted by Gasteiger charge is -2.25. The Balaban J connectivity index is 3.05. The number of nitrogen functional groups attached to an aromatic ring is 1. The van der Waals surface area contributed by atoms with E-state index in [1.54, 1.807) is 0 Å². The van der Waals surface area contributed by atoms with E-state index in [2.05, 4.69) is 20.8 Å². The fraction of sp³-hybridized carbons (Fsp3) is 0.417. The second-order valence-corrected chi connectivity index (χ2v) is 4.65. The van der Waals surface area contributed by atoms with Gasteiger partial charge >= 0.3 is 0 Å². The highest BCUT2D eigenvalue weighted by Gasteiger charge is 2.11. The molecule has 0 saturated carbocycles. The maximum Gasteiger partial charge on any atom is 0.124 e. The van der Waals surface area contributed by atoms with Crippen LogP contribution in [0.2, 0.25) is 0 Å². The van der Waals surface area contributed by atoms with E-state index >= 15 is 0 Å². The molecule has 0 aliphatic carbocycles. The summed E-state index contributed by atoms with van der Waals surface area (Å²) in [6.07, 6.45) is 0.710. The molecule has 17 heavy (non-hydrogen) atoms. The average Bonchev–Trinajstić information content (AvgIpc) is 2.31. The van der Waals surface area contributed by atoms with Gasteiger partial charge in [-0.05, 0) is 31.5 Å². The molecule has 1 rings (SSSR count). The number of hydrogen-bond donors (Lipinski definition) is 3. The molecule has 1 aromatic rings. The van der Waals surface area contributed by atoms with Gasteiger partial charge in [0.25, 0.3) is 0 Å². The molecule has 0 amide bonds. The number of halogens is 1. The molecule has 0 radical (unpaired) electrons. The molecule has 4 nitrogen and oxygen atoms in total. The summed E-state index contributed by atoms with van der Waals surface area (Å²) in [5, 5.41) is 16.5. The summed E-state index contributed by atoms with van der Waals surface area (Å²) in [7, 11) is 0. The number of hydrogen-bond acceptors (Lipinski definition) is 3. The van der Waals surface area contributed by atoms with E-state index in [4.69, 9.17) is 16.2 Å². The molecule has 0 aliphatic heterocycles. The molecular formula is C12H18BrN3O. The van der Waals surface area contributed by atoms with Crippen molar-refractivity contribution in [1.29, 1.82) is 5.41 Å². The third-order valence-electron chi connectivity index (χ3n) is 2.56. The van der Waals surface area contributed by atoms with Crippen LogP contribution < -0.4 is 10.6 Å². The molecule has 0 heterocycles. The van der Waals surface area contributed by atoms with Crippen molar-refractivity contribution in [2.45, 2.75) is 13.3 Å². The maximum absolute atomic E-state index is 8.88. The SMILES string of the molecule is CCN(CCCO)c1ccc(Br)cc1C(=N)N. The fourth-order valence-corrected chi connectivity index (χ4v) is 2.07. The van der Waals surface area contributed by atoms with Crippen molar-refractivity contribution in [2.75, 3.05) is 24.6 Å². The zero-order valence-electron chi connectivity index (χ0n) is 9.91. The van der Waals surface area contributed by atoms with Gasteiger partial charge in [0.1, 0.15) is 5.84 Å². The van der Waals surface area contributed by atoms with Crippen LogP contribution in [0.3, 0.4) is 0 Å². The summed E-state index contributed by atoms with van der Waals surface area (Å²) in [5.74, 6) is 0.0590. The van der Waals surface area contributed by atoms with Crippen LogP contribution in [0.5, 0.6) is 0 Å². The van der Waals surface area contributed by atoms with Crippen LogP contribution in [0, 0.1) is 5.41 Å². The summed E-state index contributed by atoms with van der Waals surface area (Å²) >= 11 is 3.38. The molecule has 0 unspecified atom stereocenters. The van der Waals surface area contributed by atoms with Crippen LogP contribution in [0.15, 0.2) is 22.7 Å². The van der Waals surface area contributed by atoms with Crippen molar-refractivity contribution in [3.63, 3.8) is 0 Å². The van der Waals surface area contributed by atoms with Gasteiger partial charge in [-0.1, -0.05) is 15.9 Å². The zero-order valence-corrected chi connectivity index (χ0v) is 11.5. The van der Waals surface area contributed by atoms with E-state index in [1.807, 2.05) is 25.1 Å². The molecule has 5 heteroatoms. The Morgan fingerprint density at radius 3 is 2.76 bits per heavy atom. The summed E-state index contributed by atoms with van der Waals surface area (Å²) < 4.78 is 0.907. The van der Waals surface area contributed by atoms with Gasteiger partial charge in [-0.15, -0.1) is 0 Å². The molecule has 94 valence electrons. The topological polar surface area (TPSA) is 73.3 Å². The van der Waals surface area contributed by atoms with Crippen LogP contribution >= 0.6 is 15.9 Å². The van der Waals surface area contributed by atoms with Gasteiger partial charge in [0, 0.05) is 35.4 Å². The number of nitrogens with zero attached hydrogens (tertiary/aromatic N) is 1. The third-order valence-corrected chi connectivity index (χ3v) is 3.05. The Labute approximate surface area is 110 Å². The Morgan fingerprint density at radius 1 is 1.53 bits per heavy atom. The lowest BCUT2D eigenvalue weighted by Crippen LogP contribution is -2.27. The second kappa shape index (κ2) is 6.61. The Hall–Kier alpha value is -1.07. The van der Waals surface area contributed by atoms with Crippen molar-refractivity contribution in [2.24, 2.45) is 5.73 Å². The van der Waals surface area contributed by atoms with Crippen LogP contribution in [-0.2, 0) is 0 Å². The van der Waals surface area contributed by atoms with Crippen molar-refractivity contribution in [3.8, 4) is 0 Å². The van der Waals surface area contributed by atoms with Crippen molar-refractivity contribution < 1.29 is 5.11 Å². The van der Waals surface area contributed by atoms with Gasteiger partial charge in [0.05, 0.1) is 0 Å². The van der Waals surface area contributed by atoms with Gasteiger partial charge in [0.15, 0.2) is 0 Å². The first-order chi connectivity index (χ1) is 8.10. The molecule has 0 spiro atoms. The van der Waals surface area contributed by atoms with E-state index in [1.165, 1.54) is 0 Å². The Bertz CT molecular complexity index is 395. The average molecular weight is 300 g/mol. The molecule has 1 aromatic carbocycles. The summed E-state index contributed by atoms with van der Waals surface area (Å²) in [6, 6.07) is 5.73. The number of benzene rings is 1. The minimum absolute atomic E-state index is 0.0590. The molecular weight excluding hydrogens is 282 g/mol. The molecule has 0 atom stereocenters. The normalized spacial score (nSPS) is 10.3. The maximum atomic E-state index is 8.88. The monoisotopic (exact) mass is 299 g/mol. The molecule has 0 aromatic heterocycles. The summed E-state index contributed by atoms with van der Waals surface area (Å²) in [6.45, 7) is 3.79. The number of amidine groups is 1. The van der Waals surface area contributed by atoms with Crippen molar-refractivity contribution in [1.82, 2.24) is 0 Å². The Morgan fingerprint density at radius 2 is 2.24 bits per heavy atom. The van der Waals surface area contributed by atoms with Crippen molar-refractivity contribution >= 4 is 27.5 Å². The highest BCUT2D eigenvalue weighted by Crippen LogP contribution is 2.24. The van der Waals surface area contributed by atoms with Gasteiger partial charge in [-0.25, -0.2) is 0 Å². The van der Waals surface area contributed by atoms with E-state index < -0.39 is 0 Å². The van der Waals surface area contributed by atoms with Gasteiger partial charge < -0.3 is 15.7 Å². The van der Waals surface area contributed by atoms with Gasteiger partial charge in [-0.3, -0.25) is 5.41 Å². The van der Waals surface area contributed by atoms with Crippen LogP contribution in [0.25, 0.3) is 0 Å². The lowest BCUT2D eigenvalue weighted by molar-refractivity contribution is 0.289. The molecule has 0 aliphatic rings. The van der Waals surface area contributed by atoms with Crippen LogP contribution in [0.1, 0.15) is 18.9 Å². The Kier molecular flexibility index (Phi) is 5.44. The van der Waals surface area contributed by atoms with E-state index in [9.17, 15) is 0 Å². The van der Waals surface area contributed by atoms with Gasteiger partial charge in [0.2, 0.25) is 0 Å². The highest BCUT2D eigenvalue weighted by molar-refractivity contribution is 9.10. The van der Waals surface area contributed by atoms with E-state index in [0.29, 0.717) is 6.42 Å². The number of rotatable bonds is 6. The highest BCUT2D eigenvalue weighted by atomic mass is 79.9. The summed E-state index contributed by atoms with van der Waals surface area (Å²) in [4.78, 5) is 2.11. The van der Waals surface area contributed by atoms with Crippen LogP contribution in [0.4, 0.5) is 5.69 Å². The largest absolute Gasteiger partial charge is 0.396 e. The number of anilines is 1. The van der Waals surface area contributed by atoms with Crippen molar-refractivity contribution in [3.05, 3.63) is 28.2 Å². The van der Waals surface area contributed by atoms with E-state index in [-0.39, 0.29) is 12.4 Å². The fourth-order valence-electron chi connectivity index (χ4n) is 1.71. The zero-order chi connectivity index (χ0) is 12.8. The minimum Gasteiger partial charge on any atom is -0.396 e. The molecule has 0 saturated heterocycles. The predicted octanol–water partition coefficient (Wildman–Crippen LogP) is 1.94. The number of aliphatic hydroxyl groups is 1. The molecule has 4 N–H and O–H groups in total. The first kappa shape index (κ1) is 14.0. The quantitative estimate of drug-likeness (QED) is 0.555. The predicted molar refractivity (Wildman–Crippen MR) is 74.7 cm³/mol. The smallest absolute Gasteiger partial charge is 0.124 e. The van der Waals surface area contributed by atoms with Crippen LogP contribution in [-0.4, -0.2) is 30.6 Å². The standard InChI is InChI=1S/C12H18BrN3O/c1-2-16(6-3-7-17)11-5-4-9(13)8-10(11)12(14)15/h4-5,8,17H,2-3,6-7H2,1H3,(H3,14,15). The molecule has 0 bridgehead atoms. The number of nitrogens with two attached hydrogens (primary N) is 1. The first-order valence-corrected chi connectivity index (χ1v) is 6.39. The molecule has 0 fully saturated rings. The van der Waals surface area contributed by atoms with E-state index in [0.717, 1.165) is 28.8 Å². The summed E-state index contributed by atoms with van der Waals surface area (Å²) in [5.41, 5.74) is 7.25. The first-order valence-electron chi connectivity index (χ1n) is 5.60. The second-order valence-electron chi connectivity index (χ2n) is 3.73. The lowest BCUT2D eigenvalue weighted by atomic mass is 10.1. The number of aliphatic hydroxyl groups excluding tert-OH is 1. The minimum atomic E-state index is 0.0590.